The summed E-state index contributed by atoms with van der Waals surface area (Å²) in [6, 6.07) is 13.9. The average Bonchev–Trinajstić information content (AvgIpc) is 3.56. The van der Waals surface area contributed by atoms with Crippen LogP contribution in [0.5, 0.6) is 0 Å². The number of carbonyl (C=O) groups excluding carboxylic acids is 1. The number of nitrogens with two attached hydrogens (primary N) is 1. The van der Waals surface area contributed by atoms with Gasteiger partial charge < -0.3 is 5.32 Å². The van der Waals surface area contributed by atoms with Gasteiger partial charge in [0.15, 0.2) is 0 Å². The summed E-state index contributed by atoms with van der Waals surface area (Å²) in [6.45, 7) is 3.06. The molecule has 1 aliphatic rings. The summed E-state index contributed by atoms with van der Waals surface area (Å²) in [6.07, 6.45) is 2.16. The van der Waals surface area contributed by atoms with Gasteiger partial charge in [-0.2, -0.15) is 16.4 Å². The molecule has 1 saturated heterocycles. The summed E-state index contributed by atoms with van der Waals surface area (Å²) in [7, 11) is -3.84. The Morgan fingerprint density at radius 2 is 2.12 bits per heavy atom. The Labute approximate surface area is 201 Å². The van der Waals surface area contributed by atoms with Gasteiger partial charge in [0.1, 0.15) is 11.7 Å². The highest BCUT2D eigenvalue weighted by molar-refractivity contribution is 7.89. The van der Waals surface area contributed by atoms with Crippen molar-refractivity contribution in [1.82, 2.24) is 15.1 Å². The number of likely N-dealkylation sites (tertiary alicyclic amines) is 1. The lowest BCUT2D eigenvalue weighted by Crippen LogP contribution is -2.39. The minimum absolute atomic E-state index is 0.0175. The highest BCUT2D eigenvalue weighted by Gasteiger charge is 2.34. The maximum atomic E-state index is 13.5. The third-order valence-electron chi connectivity index (χ3n) is 6.31. The summed E-state index contributed by atoms with van der Waals surface area (Å²) < 4.78 is 23.6. The van der Waals surface area contributed by atoms with Crippen LogP contribution in [0.2, 0.25) is 0 Å². The Morgan fingerprint density at radius 3 is 2.82 bits per heavy atom. The minimum atomic E-state index is -3.84. The Bertz CT molecular complexity index is 1450. The number of rotatable bonds is 6. The lowest BCUT2D eigenvalue weighted by atomic mass is 10.1. The van der Waals surface area contributed by atoms with Gasteiger partial charge in [0.25, 0.3) is 0 Å². The molecule has 8 nitrogen and oxygen atoms in total. The third kappa shape index (κ3) is 4.37. The summed E-state index contributed by atoms with van der Waals surface area (Å²) in [4.78, 5) is 15.8. The summed E-state index contributed by atoms with van der Waals surface area (Å²) in [5.41, 5.74) is 3.62. The van der Waals surface area contributed by atoms with E-state index in [2.05, 4.69) is 27.3 Å². The molecule has 0 saturated carbocycles. The molecule has 0 bridgehead atoms. The summed E-state index contributed by atoms with van der Waals surface area (Å²) in [5.74, 6) is -0.0761. The molecule has 1 amide bonds. The monoisotopic (exact) mass is 495 g/mol. The zero-order valence-electron chi connectivity index (χ0n) is 18.6. The number of carbonyl (C=O) groups is 1. The van der Waals surface area contributed by atoms with E-state index in [1.165, 1.54) is 12.1 Å². The van der Waals surface area contributed by atoms with E-state index in [-0.39, 0.29) is 16.8 Å². The van der Waals surface area contributed by atoms with Crippen LogP contribution in [-0.2, 0) is 14.8 Å². The van der Waals surface area contributed by atoms with E-state index in [1.54, 1.807) is 23.5 Å². The molecule has 4 aromatic rings. The van der Waals surface area contributed by atoms with Crippen LogP contribution in [-0.4, -0.2) is 42.0 Å². The molecule has 5 rings (SSSR count). The molecular formula is C24H25N5O3S2. The van der Waals surface area contributed by atoms with Crippen molar-refractivity contribution in [2.24, 2.45) is 5.14 Å². The Kier molecular flexibility index (Phi) is 5.98. The highest BCUT2D eigenvalue weighted by Crippen LogP contribution is 2.33. The third-order valence-corrected chi connectivity index (χ3v) is 7.92. The number of amides is 1. The highest BCUT2D eigenvalue weighted by atomic mass is 32.2. The van der Waals surface area contributed by atoms with E-state index in [0.717, 1.165) is 35.9 Å². The van der Waals surface area contributed by atoms with Crippen molar-refractivity contribution in [1.29, 1.82) is 0 Å². The number of aromatic nitrogens is 2. The maximum Gasteiger partial charge on any atom is 0.246 e. The molecule has 1 fully saturated rings. The van der Waals surface area contributed by atoms with Crippen LogP contribution in [0, 0.1) is 0 Å². The second kappa shape index (κ2) is 8.95. The predicted octanol–water partition coefficient (Wildman–Crippen LogP) is 4.10. The minimum Gasteiger partial charge on any atom is -0.324 e. The Hall–Kier alpha value is -3.05. The number of nitrogens with one attached hydrogen (secondary N) is 2. The number of thiophene rings is 1. The lowest BCUT2D eigenvalue weighted by molar-refractivity contribution is -0.121. The molecule has 2 aromatic heterocycles. The zero-order valence-corrected chi connectivity index (χ0v) is 20.2. The topological polar surface area (TPSA) is 121 Å². The van der Waals surface area contributed by atoms with Crippen LogP contribution in [0.1, 0.15) is 31.4 Å². The lowest BCUT2D eigenvalue weighted by Gasteiger charge is -2.30. The number of sulfonamides is 1. The number of fused-ring (bicyclic) bond motifs is 1. The van der Waals surface area contributed by atoms with Crippen molar-refractivity contribution in [3.63, 3.8) is 0 Å². The second-order valence-electron chi connectivity index (χ2n) is 8.58. The van der Waals surface area contributed by atoms with Gasteiger partial charge in [-0.25, -0.2) is 13.6 Å². The average molecular weight is 496 g/mol. The molecule has 0 radical (unpaired) electrons. The van der Waals surface area contributed by atoms with Gasteiger partial charge in [0, 0.05) is 22.7 Å². The summed E-state index contributed by atoms with van der Waals surface area (Å²) in [5, 5.41) is 20.5. The van der Waals surface area contributed by atoms with Crippen LogP contribution < -0.4 is 10.5 Å². The molecular weight excluding hydrogens is 470 g/mol. The molecule has 0 spiro atoms. The van der Waals surface area contributed by atoms with Gasteiger partial charge in [-0.3, -0.25) is 14.8 Å². The first-order valence-corrected chi connectivity index (χ1v) is 13.5. The van der Waals surface area contributed by atoms with Crippen LogP contribution in [0.4, 0.5) is 5.69 Å². The molecule has 34 heavy (non-hydrogen) atoms. The van der Waals surface area contributed by atoms with Gasteiger partial charge in [0.05, 0.1) is 10.4 Å². The van der Waals surface area contributed by atoms with Crippen molar-refractivity contribution in [2.75, 3.05) is 11.9 Å². The molecule has 1 aliphatic heterocycles. The van der Waals surface area contributed by atoms with E-state index >= 15 is 0 Å². The van der Waals surface area contributed by atoms with E-state index in [4.69, 9.17) is 5.14 Å². The molecule has 2 aromatic carbocycles. The van der Waals surface area contributed by atoms with Crippen LogP contribution in [0.15, 0.2) is 64.2 Å². The molecule has 2 atom stereocenters. The van der Waals surface area contributed by atoms with Crippen molar-refractivity contribution in [2.45, 2.75) is 36.7 Å². The quantitative estimate of drug-likeness (QED) is 0.372. The predicted molar refractivity (Wildman–Crippen MR) is 134 cm³/mol. The van der Waals surface area contributed by atoms with Gasteiger partial charge in [-0.15, -0.1) is 0 Å². The SMILES string of the molecule is CC1CCCN1C(C(=O)Nc1ccc2[nH]nc(-c3cccc(S(N)(=O)=O)c3)c2c1)c1ccsc1. The zero-order chi connectivity index (χ0) is 23.9. The number of nitrogens with zero attached hydrogens (tertiary/aromatic N) is 2. The fraction of sp³-hybridized carbons (Fsp3) is 0.250. The number of benzene rings is 2. The van der Waals surface area contributed by atoms with Crippen LogP contribution in [0.25, 0.3) is 22.2 Å². The second-order valence-corrected chi connectivity index (χ2v) is 10.9. The van der Waals surface area contributed by atoms with Crippen molar-refractivity contribution in [3.8, 4) is 11.3 Å². The number of anilines is 1. The normalized spacial score (nSPS) is 17.8. The standard InChI is InChI=1S/C24H25N5O3S2/c1-15-4-3-10-29(15)23(17-9-11-33-14-17)24(30)26-18-7-8-21-20(13-18)22(28-27-21)16-5-2-6-19(12-16)34(25,31)32/h2,5-9,11-15,23H,3-4,10H2,1H3,(H,26,30)(H,27,28)(H2,25,31,32). The van der Waals surface area contributed by atoms with E-state index in [0.29, 0.717) is 23.0 Å². The summed E-state index contributed by atoms with van der Waals surface area (Å²) >= 11 is 1.59. The maximum absolute atomic E-state index is 13.5. The molecule has 3 heterocycles. The number of H-pyrrole nitrogens is 1. The van der Waals surface area contributed by atoms with Crippen LogP contribution in [0.3, 0.4) is 0 Å². The fourth-order valence-electron chi connectivity index (χ4n) is 4.61. The van der Waals surface area contributed by atoms with Crippen molar-refractivity contribution < 1.29 is 13.2 Å². The first-order valence-electron chi connectivity index (χ1n) is 11.0. The first kappa shape index (κ1) is 22.7. The first-order chi connectivity index (χ1) is 16.3. The Balaban J connectivity index is 1.47. The molecule has 10 heteroatoms. The van der Waals surface area contributed by atoms with Crippen molar-refractivity contribution >= 4 is 43.9 Å². The Morgan fingerprint density at radius 1 is 1.26 bits per heavy atom. The van der Waals surface area contributed by atoms with Gasteiger partial charge in [-0.1, -0.05) is 12.1 Å². The van der Waals surface area contributed by atoms with E-state index < -0.39 is 10.0 Å². The number of aromatic amines is 1. The van der Waals surface area contributed by atoms with E-state index in [9.17, 15) is 13.2 Å². The fourth-order valence-corrected chi connectivity index (χ4v) is 5.84. The molecule has 176 valence electrons. The largest absolute Gasteiger partial charge is 0.324 e. The number of hydrogen-bond donors (Lipinski definition) is 3. The van der Waals surface area contributed by atoms with Crippen molar-refractivity contribution in [3.05, 3.63) is 64.9 Å². The molecule has 4 N–H and O–H groups in total. The van der Waals surface area contributed by atoms with Gasteiger partial charge in [0.2, 0.25) is 15.9 Å². The molecule has 0 aliphatic carbocycles. The van der Waals surface area contributed by atoms with Gasteiger partial charge in [-0.05, 0) is 79.0 Å². The van der Waals surface area contributed by atoms with E-state index in [1.807, 2.05) is 35.0 Å². The molecule has 2 unspecified atom stereocenters. The van der Waals surface area contributed by atoms with Gasteiger partial charge >= 0.3 is 0 Å². The van der Waals surface area contributed by atoms with Crippen LogP contribution >= 0.6 is 11.3 Å². The number of primary sulfonamides is 1. The number of hydrogen-bond acceptors (Lipinski definition) is 6. The smallest absolute Gasteiger partial charge is 0.246 e.